The van der Waals surface area contributed by atoms with Crippen LogP contribution in [-0.4, -0.2) is 51.0 Å². The summed E-state index contributed by atoms with van der Waals surface area (Å²) >= 11 is 0. The second-order valence-corrected chi connectivity index (χ2v) is 6.44. The van der Waals surface area contributed by atoms with Crippen LogP contribution in [0.3, 0.4) is 0 Å². The van der Waals surface area contributed by atoms with Crippen molar-refractivity contribution in [3.8, 4) is 11.5 Å². The molecule has 0 aliphatic carbocycles. The zero-order valence-electron chi connectivity index (χ0n) is 17.6. The number of rotatable bonds is 12. The molecular formula is C21H33IN4O3. The second kappa shape index (κ2) is 15.2. The number of nitrogens with zero attached hydrogens (tertiary/aromatic N) is 2. The topological polar surface area (TPSA) is 80.9 Å². The van der Waals surface area contributed by atoms with Gasteiger partial charge in [-0.05, 0) is 25.5 Å². The van der Waals surface area contributed by atoms with Crippen molar-refractivity contribution in [2.75, 3.05) is 40.0 Å². The van der Waals surface area contributed by atoms with Gasteiger partial charge in [-0.2, -0.15) is 0 Å². The van der Waals surface area contributed by atoms with Gasteiger partial charge in [0.05, 0.1) is 32.1 Å². The normalized spacial score (nSPS) is 11.2. The predicted molar refractivity (Wildman–Crippen MR) is 127 cm³/mol. The van der Waals surface area contributed by atoms with Gasteiger partial charge < -0.3 is 24.5 Å². The molecule has 0 fully saturated rings. The lowest BCUT2D eigenvalue weighted by atomic mass is 10.1. The molecule has 1 heterocycles. The summed E-state index contributed by atoms with van der Waals surface area (Å²) < 4.78 is 16.6. The third kappa shape index (κ3) is 10.1. The highest BCUT2D eigenvalue weighted by Crippen LogP contribution is 2.18. The van der Waals surface area contributed by atoms with Crippen molar-refractivity contribution >= 4 is 29.9 Å². The Hall–Kier alpha value is -1.65. The Morgan fingerprint density at radius 1 is 1.07 bits per heavy atom. The van der Waals surface area contributed by atoms with E-state index in [9.17, 15) is 0 Å². The van der Waals surface area contributed by atoms with Gasteiger partial charge in [-0.25, -0.2) is 4.98 Å². The number of benzene rings is 1. The first-order valence-corrected chi connectivity index (χ1v) is 9.84. The Labute approximate surface area is 190 Å². The van der Waals surface area contributed by atoms with Gasteiger partial charge in [0.2, 0.25) is 5.89 Å². The van der Waals surface area contributed by atoms with Crippen LogP contribution in [0.2, 0.25) is 0 Å². The monoisotopic (exact) mass is 516 g/mol. The quantitative estimate of drug-likeness (QED) is 0.194. The van der Waals surface area contributed by atoms with Gasteiger partial charge in [-0.3, -0.25) is 4.99 Å². The van der Waals surface area contributed by atoms with E-state index in [4.69, 9.17) is 13.9 Å². The molecule has 0 amide bonds. The van der Waals surface area contributed by atoms with Crippen molar-refractivity contribution in [1.29, 1.82) is 0 Å². The summed E-state index contributed by atoms with van der Waals surface area (Å²) in [5.74, 6) is 1.32. The average molecular weight is 516 g/mol. The van der Waals surface area contributed by atoms with Crippen molar-refractivity contribution in [3.05, 3.63) is 41.8 Å². The van der Waals surface area contributed by atoms with Gasteiger partial charge in [0.25, 0.3) is 0 Å². The van der Waals surface area contributed by atoms with Gasteiger partial charge >= 0.3 is 0 Å². The standard InChI is InChI=1S/C21H32N4O3.HI/c1-4-5-11-26-13-14-27-12-10-23-21(22-3)24-15-19-16-28-20(25-19)18-8-6-17(2)7-9-18;/h6-9,16H,4-5,10-15H2,1-3H3,(H2,22,23,24);1H. The minimum Gasteiger partial charge on any atom is -0.444 e. The van der Waals surface area contributed by atoms with Crippen LogP contribution in [0.25, 0.3) is 11.5 Å². The Kier molecular flexibility index (Phi) is 13.3. The molecule has 162 valence electrons. The smallest absolute Gasteiger partial charge is 0.226 e. The Morgan fingerprint density at radius 2 is 1.79 bits per heavy atom. The largest absolute Gasteiger partial charge is 0.444 e. The molecule has 0 atom stereocenters. The van der Waals surface area contributed by atoms with Gasteiger partial charge in [-0.15, -0.1) is 24.0 Å². The van der Waals surface area contributed by atoms with Gasteiger partial charge in [0.15, 0.2) is 5.96 Å². The molecule has 0 aliphatic rings. The van der Waals surface area contributed by atoms with E-state index in [0.29, 0.717) is 44.8 Å². The Balaban J connectivity index is 0.00000420. The molecule has 2 rings (SSSR count). The fourth-order valence-electron chi connectivity index (χ4n) is 2.42. The van der Waals surface area contributed by atoms with Gasteiger partial charge in [-0.1, -0.05) is 31.0 Å². The predicted octanol–water partition coefficient (Wildman–Crippen LogP) is 3.77. The van der Waals surface area contributed by atoms with E-state index in [0.717, 1.165) is 30.7 Å². The van der Waals surface area contributed by atoms with Crippen LogP contribution < -0.4 is 10.6 Å². The first-order chi connectivity index (χ1) is 13.7. The number of unbranched alkanes of at least 4 members (excludes halogenated alkanes) is 1. The number of hydrogen-bond acceptors (Lipinski definition) is 5. The van der Waals surface area contributed by atoms with Crippen LogP contribution >= 0.6 is 24.0 Å². The van der Waals surface area contributed by atoms with Crippen LogP contribution in [0.4, 0.5) is 0 Å². The first kappa shape index (κ1) is 25.4. The lowest BCUT2D eigenvalue weighted by Crippen LogP contribution is -2.38. The van der Waals surface area contributed by atoms with Crippen LogP contribution in [-0.2, 0) is 16.0 Å². The lowest BCUT2D eigenvalue weighted by Gasteiger charge is -2.11. The van der Waals surface area contributed by atoms with Crippen LogP contribution in [0.5, 0.6) is 0 Å². The fourth-order valence-corrected chi connectivity index (χ4v) is 2.42. The van der Waals surface area contributed by atoms with E-state index in [1.807, 2.05) is 24.3 Å². The first-order valence-electron chi connectivity index (χ1n) is 9.84. The molecule has 8 heteroatoms. The van der Waals surface area contributed by atoms with Crippen molar-refractivity contribution in [2.24, 2.45) is 4.99 Å². The number of hydrogen-bond donors (Lipinski definition) is 2. The summed E-state index contributed by atoms with van der Waals surface area (Å²) in [7, 11) is 1.73. The number of aryl methyl sites for hydroxylation is 1. The highest BCUT2D eigenvalue weighted by Gasteiger charge is 2.07. The third-order valence-corrected chi connectivity index (χ3v) is 4.06. The summed E-state index contributed by atoms with van der Waals surface area (Å²) in [6, 6.07) is 8.10. The number of nitrogens with one attached hydrogen (secondary N) is 2. The van der Waals surface area contributed by atoms with Gasteiger partial charge in [0, 0.05) is 25.8 Å². The highest BCUT2D eigenvalue weighted by molar-refractivity contribution is 14.0. The molecule has 1 aromatic heterocycles. The van der Waals surface area contributed by atoms with E-state index >= 15 is 0 Å². The average Bonchev–Trinajstić information content (AvgIpc) is 3.18. The molecular weight excluding hydrogens is 483 g/mol. The highest BCUT2D eigenvalue weighted by atomic mass is 127. The maximum absolute atomic E-state index is 5.57. The number of halogens is 1. The van der Waals surface area contributed by atoms with Crippen molar-refractivity contribution in [3.63, 3.8) is 0 Å². The minimum absolute atomic E-state index is 0. The number of oxazole rings is 1. The molecule has 0 aliphatic heterocycles. The van der Waals surface area contributed by atoms with E-state index < -0.39 is 0 Å². The summed E-state index contributed by atoms with van der Waals surface area (Å²) in [6.45, 7) is 8.06. The van der Waals surface area contributed by atoms with E-state index in [1.165, 1.54) is 5.56 Å². The molecule has 0 radical (unpaired) electrons. The van der Waals surface area contributed by atoms with Crippen LogP contribution in [0, 0.1) is 6.92 Å². The van der Waals surface area contributed by atoms with E-state index in [1.54, 1.807) is 13.3 Å². The summed E-state index contributed by atoms with van der Waals surface area (Å²) in [5.41, 5.74) is 2.99. The molecule has 1 aromatic carbocycles. The molecule has 0 spiro atoms. The maximum atomic E-state index is 5.57. The fraction of sp³-hybridized carbons (Fsp3) is 0.524. The number of aromatic nitrogens is 1. The molecule has 2 N–H and O–H groups in total. The van der Waals surface area contributed by atoms with Crippen molar-refractivity contribution < 1.29 is 13.9 Å². The molecule has 0 saturated heterocycles. The molecule has 0 bridgehead atoms. The molecule has 0 unspecified atom stereocenters. The van der Waals surface area contributed by atoms with E-state index in [-0.39, 0.29) is 24.0 Å². The second-order valence-electron chi connectivity index (χ2n) is 6.44. The molecule has 0 saturated carbocycles. The minimum atomic E-state index is 0. The van der Waals surface area contributed by atoms with Gasteiger partial charge in [0.1, 0.15) is 6.26 Å². The SMILES string of the molecule is CCCCOCCOCCNC(=NC)NCc1coc(-c2ccc(C)cc2)n1.I. The Morgan fingerprint density at radius 3 is 2.48 bits per heavy atom. The maximum Gasteiger partial charge on any atom is 0.226 e. The molecule has 29 heavy (non-hydrogen) atoms. The van der Waals surface area contributed by atoms with Crippen molar-refractivity contribution in [2.45, 2.75) is 33.2 Å². The number of ether oxygens (including phenoxy) is 2. The van der Waals surface area contributed by atoms with Crippen molar-refractivity contribution in [1.82, 2.24) is 15.6 Å². The lowest BCUT2D eigenvalue weighted by molar-refractivity contribution is 0.0487. The zero-order valence-corrected chi connectivity index (χ0v) is 19.9. The van der Waals surface area contributed by atoms with Crippen LogP contribution in [0.1, 0.15) is 31.0 Å². The molecule has 2 aromatic rings. The van der Waals surface area contributed by atoms with Crippen LogP contribution in [0.15, 0.2) is 39.9 Å². The summed E-state index contributed by atoms with van der Waals surface area (Å²) in [4.78, 5) is 8.72. The third-order valence-electron chi connectivity index (χ3n) is 4.06. The molecule has 7 nitrogen and oxygen atoms in total. The Bertz CT molecular complexity index is 704. The number of guanidine groups is 1. The van der Waals surface area contributed by atoms with E-state index in [2.05, 4.69) is 34.5 Å². The summed E-state index contributed by atoms with van der Waals surface area (Å²) in [5, 5.41) is 6.43. The number of aliphatic imine (C=N–C) groups is 1. The zero-order chi connectivity index (χ0) is 20.0. The summed E-state index contributed by atoms with van der Waals surface area (Å²) in [6.07, 6.45) is 3.91.